The molecule has 6 nitrogen and oxygen atoms in total. The van der Waals surface area contributed by atoms with Crippen LogP contribution >= 0.6 is 11.6 Å². The zero-order valence-electron chi connectivity index (χ0n) is 11.3. The lowest BCUT2D eigenvalue weighted by Crippen LogP contribution is -2.26. The molecule has 0 atom stereocenters. The number of hydrogen-bond donors (Lipinski definition) is 2. The molecule has 2 aromatic rings. The van der Waals surface area contributed by atoms with E-state index in [-0.39, 0.29) is 18.2 Å². The average Bonchev–Trinajstić information content (AvgIpc) is 2.51. The molecule has 0 saturated heterocycles. The number of nitrogens with zero attached hydrogens (tertiary/aromatic N) is 2. The highest BCUT2D eigenvalue weighted by atomic mass is 35.5. The van der Waals surface area contributed by atoms with Crippen molar-refractivity contribution >= 4 is 17.3 Å². The van der Waals surface area contributed by atoms with Crippen molar-refractivity contribution in [1.29, 1.82) is 0 Å². The van der Waals surface area contributed by atoms with E-state index in [1.54, 1.807) is 0 Å². The Labute approximate surface area is 126 Å². The molecule has 2 N–H and O–H groups in total. The molecule has 1 aromatic heterocycles. The van der Waals surface area contributed by atoms with Crippen molar-refractivity contribution < 1.29 is 9.84 Å². The summed E-state index contributed by atoms with van der Waals surface area (Å²) in [6, 6.07) is 9.43. The van der Waals surface area contributed by atoms with Crippen molar-refractivity contribution in [1.82, 2.24) is 9.78 Å². The van der Waals surface area contributed by atoms with E-state index in [9.17, 15) is 4.79 Å². The van der Waals surface area contributed by atoms with Gasteiger partial charge in [0.05, 0.1) is 25.0 Å². The van der Waals surface area contributed by atoms with Gasteiger partial charge < -0.3 is 15.2 Å². The van der Waals surface area contributed by atoms with Crippen LogP contribution in [0.2, 0.25) is 5.02 Å². The molecule has 2 rings (SSSR count). The molecule has 0 amide bonds. The molecule has 0 spiro atoms. The number of hydrogen-bond acceptors (Lipinski definition) is 5. The number of benzene rings is 1. The van der Waals surface area contributed by atoms with Gasteiger partial charge in [-0.2, -0.15) is 5.10 Å². The molecule has 0 aliphatic carbocycles. The first kappa shape index (κ1) is 15.3. The summed E-state index contributed by atoms with van der Waals surface area (Å²) < 4.78 is 6.64. The van der Waals surface area contributed by atoms with E-state index in [2.05, 4.69) is 10.4 Å². The molecule has 0 unspecified atom stereocenters. The maximum Gasteiger partial charge on any atom is 0.287 e. The van der Waals surface area contributed by atoms with E-state index in [0.717, 1.165) is 10.4 Å². The quantitative estimate of drug-likeness (QED) is 0.756. The third-order valence-electron chi connectivity index (χ3n) is 2.73. The Hall–Kier alpha value is -2.05. The Kier molecular flexibility index (Phi) is 5.59. The Balaban J connectivity index is 1.89. The van der Waals surface area contributed by atoms with Crippen molar-refractivity contribution in [2.24, 2.45) is 0 Å². The number of ether oxygens (including phenoxy) is 1. The van der Waals surface area contributed by atoms with Gasteiger partial charge in [-0.15, -0.1) is 0 Å². The molecule has 0 saturated carbocycles. The number of rotatable bonds is 7. The Morgan fingerprint density at radius 1 is 1.33 bits per heavy atom. The van der Waals surface area contributed by atoms with Crippen molar-refractivity contribution in [2.75, 3.05) is 25.1 Å². The SMILES string of the molecule is O=c1c(Cl)c(NCCOc2ccccc2)cnn1CCO. The van der Waals surface area contributed by atoms with E-state index in [0.29, 0.717) is 18.8 Å². The first-order chi connectivity index (χ1) is 10.2. The summed E-state index contributed by atoms with van der Waals surface area (Å²) >= 11 is 5.97. The summed E-state index contributed by atoms with van der Waals surface area (Å²) in [5.74, 6) is 0.780. The van der Waals surface area contributed by atoms with Gasteiger partial charge in [0.25, 0.3) is 5.56 Å². The highest BCUT2D eigenvalue weighted by molar-refractivity contribution is 6.32. The van der Waals surface area contributed by atoms with Crippen LogP contribution in [0.5, 0.6) is 5.75 Å². The lowest BCUT2D eigenvalue weighted by atomic mass is 10.3. The summed E-state index contributed by atoms with van der Waals surface area (Å²) in [6.45, 7) is 0.872. The summed E-state index contributed by atoms with van der Waals surface area (Å²) in [5.41, 5.74) is 0.0206. The topological polar surface area (TPSA) is 76.4 Å². The number of nitrogens with one attached hydrogen (secondary N) is 1. The van der Waals surface area contributed by atoms with Gasteiger partial charge in [0, 0.05) is 6.54 Å². The van der Waals surface area contributed by atoms with Crippen LogP contribution in [-0.4, -0.2) is 34.6 Å². The molecule has 112 valence electrons. The maximum absolute atomic E-state index is 11.8. The fraction of sp³-hybridized carbons (Fsp3) is 0.286. The van der Waals surface area contributed by atoms with Crippen LogP contribution in [-0.2, 0) is 6.54 Å². The van der Waals surface area contributed by atoms with Crippen LogP contribution in [0, 0.1) is 0 Å². The second-order valence-electron chi connectivity index (χ2n) is 4.21. The number of aromatic nitrogens is 2. The minimum Gasteiger partial charge on any atom is -0.492 e. The van der Waals surface area contributed by atoms with Crippen molar-refractivity contribution in [3.05, 3.63) is 51.9 Å². The van der Waals surface area contributed by atoms with Gasteiger partial charge in [-0.25, -0.2) is 4.68 Å². The molecular formula is C14H16ClN3O3. The molecule has 21 heavy (non-hydrogen) atoms. The Morgan fingerprint density at radius 2 is 2.10 bits per heavy atom. The largest absolute Gasteiger partial charge is 0.492 e. The van der Waals surface area contributed by atoms with Gasteiger partial charge >= 0.3 is 0 Å². The first-order valence-electron chi connectivity index (χ1n) is 6.50. The third kappa shape index (κ3) is 4.21. The molecule has 0 aliphatic heterocycles. The third-order valence-corrected chi connectivity index (χ3v) is 3.09. The van der Waals surface area contributed by atoms with Gasteiger partial charge in [0.2, 0.25) is 0 Å². The van der Waals surface area contributed by atoms with E-state index in [1.165, 1.54) is 6.20 Å². The van der Waals surface area contributed by atoms with Crippen LogP contribution in [0.1, 0.15) is 0 Å². The van der Waals surface area contributed by atoms with Crippen molar-refractivity contribution in [3.63, 3.8) is 0 Å². The predicted molar refractivity (Wildman–Crippen MR) is 81.0 cm³/mol. The first-order valence-corrected chi connectivity index (χ1v) is 6.88. The van der Waals surface area contributed by atoms with E-state index in [1.807, 2.05) is 30.3 Å². The summed E-state index contributed by atoms with van der Waals surface area (Å²) in [7, 11) is 0. The predicted octanol–water partition coefficient (Wildman–Crippen LogP) is 1.38. The number of para-hydroxylation sites is 1. The standard InChI is InChI=1S/C14H16ClN3O3/c15-13-12(10-17-18(7-8-19)14(13)20)16-6-9-21-11-4-2-1-3-5-11/h1-5,10,16,19H,6-9H2. The molecule has 0 fully saturated rings. The fourth-order valence-electron chi connectivity index (χ4n) is 1.71. The van der Waals surface area contributed by atoms with Crippen LogP contribution in [0.15, 0.2) is 41.3 Å². The number of aliphatic hydroxyl groups excluding tert-OH is 1. The van der Waals surface area contributed by atoms with Crippen LogP contribution < -0.4 is 15.6 Å². The van der Waals surface area contributed by atoms with Gasteiger partial charge in [-0.3, -0.25) is 4.79 Å². The molecule has 1 aromatic carbocycles. The summed E-state index contributed by atoms with van der Waals surface area (Å²) in [4.78, 5) is 11.8. The van der Waals surface area contributed by atoms with Crippen LogP contribution in [0.4, 0.5) is 5.69 Å². The normalized spacial score (nSPS) is 10.4. The van der Waals surface area contributed by atoms with E-state index >= 15 is 0 Å². The van der Waals surface area contributed by atoms with E-state index < -0.39 is 5.56 Å². The second-order valence-corrected chi connectivity index (χ2v) is 4.59. The molecule has 0 bridgehead atoms. The highest BCUT2D eigenvalue weighted by Crippen LogP contribution is 2.15. The second kappa shape index (κ2) is 7.66. The van der Waals surface area contributed by atoms with E-state index in [4.69, 9.17) is 21.4 Å². The van der Waals surface area contributed by atoms with Crippen molar-refractivity contribution in [2.45, 2.75) is 6.54 Å². The molecule has 0 radical (unpaired) electrons. The summed E-state index contributed by atoms with van der Waals surface area (Å²) in [6.07, 6.45) is 1.46. The van der Waals surface area contributed by atoms with Gasteiger partial charge in [-0.05, 0) is 12.1 Å². The lowest BCUT2D eigenvalue weighted by molar-refractivity contribution is 0.266. The van der Waals surface area contributed by atoms with Crippen molar-refractivity contribution in [3.8, 4) is 5.75 Å². The minimum atomic E-state index is -0.431. The fourth-order valence-corrected chi connectivity index (χ4v) is 1.93. The maximum atomic E-state index is 11.8. The van der Waals surface area contributed by atoms with Gasteiger partial charge in [0.15, 0.2) is 0 Å². The monoisotopic (exact) mass is 309 g/mol. The zero-order valence-corrected chi connectivity index (χ0v) is 12.1. The molecule has 7 heteroatoms. The molecular weight excluding hydrogens is 294 g/mol. The number of anilines is 1. The smallest absolute Gasteiger partial charge is 0.287 e. The Morgan fingerprint density at radius 3 is 2.81 bits per heavy atom. The Bertz CT molecular complexity index is 631. The van der Waals surface area contributed by atoms with Gasteiger partial charge in [0.1, 0.15) is 17.4 Å². The summed E-state index contributed by atoms with van der Waals surface area (Å²) in [5, 5.41) is 15.8. The molecule has 1 heterocycles. The highest BCUT2D eigenvalue weighted by Gasteiger charge is 2.08. The minimum absolute atomic E-state index is 0.0539. The molecule has 0 aliphatic rings. The number of aliphatic hydroxyl groups is 1. The lowest BCUT2D eigenvalue weighted by Gasteiger charge is -2.10. The number of halogens is 1. The zero-order chi connectivity index (χ0) is 15.1. The van der Waals surface area contributed by atoms with Crippen LogP contribution in [0.25, 0.3) is 0 Å². The van der Waals surface area contributed by atoms with Gasteiger partial charge in [-0.1, -0.05) is 29.8 Å². The van der Waals surface area contributed by atoms with Crippen LogP contribution in [0.3, 0.4) is 0 Å². The average molecular weight is 310 g/mol.